The van der Waals surface area contributed by atoms with Gasteiger partial charge in [0, 0.05) is 26.2 Å². The van der Waals surface area contributed by atoms with Gasteiger partial charge in [-0.2, -0.15) is 17.0 Å². The van der Waals surface area contributed by atoms with Crippen molar-refractivity contribution in [2.45, 2.75) is 38.9 Å². The molecule has 0 bridgehead atoms. The second kappa shape index (κ2) is 5.97. The first-order valence-electron chi connectivity index (χ1n) is 6.94. The molecule has 2 aliphatic rings. The Labute approximate surface area is 119 Å². The fourth-order valence-electron chi connectivity index (χ4n) is 2.82. The molecule has 20 heavy (non-hydrogen) atoms. The van der Waals surface area contributed by atoms with Crippen LogP contribution in [0, 0.1) is 5.92 Å². The number of ether oxygens (including phenoxy) is 1. The van der Waals surface area contributed by atoms with Crippen LogP contribution in [-0.4, -0.2) is 66.5 Å². The molecule has 2 atom stereocenters. The number of morpholine rings is 1. The first-order chi connectivity index (χ1) is 9.30. The van der Waals surface area contributed by atoms with E-state index in [4.69, 9.17) is 9.84 Å². The Bertz CT molecular complexity index is 448. The average Bonchev–Trinajstić information content (AvgIpc) is 2.37. The summed E-state index contributed by atoms with van der Waals surface area (Å²) in [5.74, 6) is -1.26. The van der Waals surface area contributed by atoms with E-state index in [9.17, 15) is 13.2 Å². The summed E-state index contributed by atoms with van der Waals surface area (Å²) in [6.07, 6.45) is 0.517. The summed E-state index contributed by atoms with van der Waals surface area (Å²) in [7, 11) is -3.51. The largest absolute Gasteiger partial charge is 0.481 e. The first kappa shape index (κ1) is 15.7. The minimum Gasteiger partial charge on any atom is -0.481 e. The molecule has 7 nitrogen and oxygen atoms in total. The van der Waals surface area contributed by atoms with E-state index in [1.807, 2.05) is 13.8 Å². The summed E-state index contributed by atoms with van der Waals surface area (Å²) in [4.78, 5) is 10.9. The molecule has 2 aliphatic heterocycles. The molecule has 2 fully saturated rings. The van der Waals surface area contributed by atoms with Crippen molar-refractivity contribution in [1.82, 2.24) is 8.61 Å². The van der Waals surface area contributed by atoms with Gasteiger partial charge in [-0.3, -0.25) is 4.79 Å². The van der Waals surface area contributed by atoms with Gasteiger partial charge in [0.2, 0.25) is 0 Å². The molecule has 0 aromatic rings. The number of piperidine rings is 1. The van der Waals surface area contributed by atoms with Crippen LogP contribution in [0.1, 0.15) is 26.7 Å². The SMILES string of the molecule is CC1CN(S(=O)(=O)N2CCC(C(=O)O)CC2)CC(C)O1. The number of rotatable bonds is 3. The summed E-state index contributed by atoms with van der Waals surface area (Å²) < 4.78 is 33.5. The molecule has 0 amide bonds. The Kier molecular flexibility index (Phi) is 4.68. The van der Waals surface area contributed by atoms with Gasteiger partial charge in [0.25, 0.3) is 10.2 Å². The van der Waals surface area contributed by atoms with Crippen LogP contribution in [0.3, 0.4) is 0 Å². The Morgan fingerprint density at radius 2 is 1.60 bits per heavy atom. The zero-order chi connectivity index (χ0) is 14.9. The van der Waals surface area contributed by atoms with Gasteiger partial charge in [-0.15, -0.1) is 0 Å². The van der Waals surface area contributed by atoms with Gasteiger partial charge in [0.1, 0.15) is 0 Å². The van der Waals surface area contributed by atoms with Crippen LogP contribution in [0.5, 0.6) is 0 Å². The normalized spacial score (nSPS) is 31.3. The fraction of sp³-hybridized carbons (Fsp3) is 0.917. The lowest BCUT2D eigenvalue weighted by atomic mass is 9.99. The van der Waals surface area contributed by atoms with Gasteiger partial charge in [-0.05, 0) is 26.7 Å². The number of hydrogen-bond donors (Lipinski definition) is 1. The van der Waals surface area contributed by atoms with Crippen LogP contribution in [0.25, 0.3) is 0 Å². The van der Waals surface area contributed by atoms with E-state index in [1.165, 1.54) is 8.61 Å². The summed E-state index contributed by atoms with van der Waals surface area (Å²) in [5, 5.41) is 8.95. The average molecular weight is 306 g/mol. The first-order valence-corrected chi connectivity index (χ1v) is 8.34. The Hall–Kier alpha value is -0.700. The standard InChI is InChI=1S/C12H22N2O5S/c1-9-7-14(8-10(2)19-9)20(17,18)13-5-3-11(4-6-13)12(15)16/h9-11H,3-8H2,1-2H3,(H,15,16). The molecule has 1 N–H and O–H groups in total. The number of aliphatic carboxylic acids is 1. The fourth-order valence-corrected chi connectivity index (χ4v) is 4.61. The molecular weight excluding hydrogens is 284 g/mol. The van der Waals surface area contributed by atoms with E-state index in [0.717, 1.165) is 0 Å². The Morgan fingerprint density at radius 1 is 1.10 bits per heavy atom. The van der Waals surface area contributed by atoms with Crippen molar-refractivity contribution in [3.8, 4) is 0 Å². The van der Waals surface area contributed by atoms with Crippen LogP contribution < -0.4 is 0 Å². The van der Waals surface area contributed by atoms with Crippen LogP contribution >= 0.6 is 0 Å². The third kappa shape index (κ3) is 3.30. The number of nitrogens with zero attached hydrogens (tertiary/aromatic N) is 2. The quantitative estimate of drug-likeness (QED) is 0.801. The Morgan fingerprint density at radius 3 is 2.05 bits per heavy atom. The highest BCUT2D eigenvalue weighted by Gasteiger charge is 2.37. The van der Waals surface area contributed by atoms with Gasteiger partial charge < -0.3 is 9.84 Å². The Balaban J connectivity index is 2.02. The smallest absolute Gasteiger partial charge is 0.306 e. The van der Waals surface area contributed by atoms with Crippen molar-refractivity contribution in [2.75, 3.05) is 26.2 Å². The van der Waals surface area contributed by atoms with Crippen molar-refractivity contribution < 1.29 is 23.1 Å². The topological polar surface area (TPSA) is 87.2 Å². The highest BCUT2D eigenvalue weighted by molar-refractivity contribution is 7.86. The maximum absolute atomic E-state index is 12.6. The number of hydrogen-bond acceptors (Lipinski definition) is 4. The zero-order valence-electron chi connectivity index (χ0n) is 11.9. The molecule has 0 aliphatic carbocycles. The van der Waals surface area contributed by atoms with E-state index >= 15 is 0 Å². The second-order valence-corrected chi connectivity index (χ2v) is 7.52. The predicted octanol–water partition coefficient (Wildman–Crippen LogP) is 0.137. The molecule has 0 aromatic carbocycles. The van der Waals surface area contributed by atoms with Gasteiger partial charge in [0.05, 0.1) is 18.1 Å². The molecule has 0 saturated carbocycles. The van der Waals surface area contributed by atoms with E-state index in [1.54, 1.807) is 0 Å². The van der Waals surface area contributed by atoms with Crippen LogP contribution in [0.4, 0.5) is 0 Å². The highest BCUT2D eigenvalue weighted by Crippen LogP contribution is 2.23. The monoisotopic (exact) mass is 306 g/mol. The van der Waals surface area contributed by atoms with Gasteiger partial charge in [-0.25, -0.2) is 0 Å². The highest BCUT2D eigenvalue weighted by atomic mass is 32.2. The summed E-state index contributed by atoms with van der Waals surface area (Å²) in [6, 6.07) is 0. The second-order valence-electron chi connectivity index (χ2n) is 5.59. The number of carbonyl (C=O) groups is 1. The predicted molar refractivity (Wildman–Crippen MR) is 72.4 cm³/mol. The minimum atomic E-state index is -3.51. The van der Waals surface area contributed by atoms with E-state index in [2.05, 4.69) is 0 Å². The molecule has 2 saturated heterocycles. The molecule has 0 radical (unpaired) electrons. The van der Waals surface area contributed by atoms with Crippen molar-refractivity contribution in [1.29, 1.82) is 0 Å². The minimum absolute atomic E-state index is 0.120. The molecule has 2 heterocycles. The van der Waals surface area contributed by atoms with Crippen LogP contribution in [-0.2, 0) is 19.7 Å². The lowest BCUT2D eigenvalue weighted by Gasteiger charge is -2.39. The van der Waals surface area contributed by atoms with Crippen molar-refractivity contribution in [2.24, 2.45) is 5.92 Å². The number of carboxylic acids is 1. The maximum atomic E-state index is 12.6. The van der Waals surface area contributed by atoms with E-state index in [-0.39, 0.29) is 25.3 Å². The van der Waals surface area contributed by atoms with Gasteiger partial charge >= 0.3 is 5.97 Å². The lowest BCUT2D eigenvalue weighted by molar-refractivity contribution is -0.142. The summed E-state index contributed by atoms with van der Waals surface area (Å²) >= 11 is 0. The van der Waals surface area contributed by atoms with Crippen molar-refractivity contribution in [3.63, 3.8) is 0 Å². The molecule has 0 spiro atoms. The van der Waals surface area contributed by atoms with Gasteiger partial charge in [-0.1, -0.05) is 0 Å². The molecule has 2 unspecified atom stereocenters. The van der Waals surface area contributed by atoms with Crippen LogP contribution in [0.15, 0.2) is 0 Å². The zero-order valence-corrected chi connectivity index (χ0v) is 12.7. The molecular formula is C12H22N2O5S. The molecule has 2 rings (SSSR count). The number of carboxylic acid groups (broad SMARTS) is 1. The molecule has 8 heteroatoms. The van der Waals surface area contributed by atoms with Crippen LogP contribution in [0.2, 0.25) is 0 Å². The summed E-state index contributed by atoms with van der Waals surface area (Å²) in [5.41, 5.74) is 0. The summed E-state index contributed by atoms with van der Waals surface area (Å²) in [6.45, 7) is 4.97. The third-order valence-electron chi connectivity index (χ3n) is 3.84. The molecule has 0 aromatic heterocycles. The maximum Gasteiger partial charge on any atom is 0.306 e. The van der Waals surface area contributed by atoms with Gasteiger partial charge in [0.15, 0.2) is 0 Å². The van der Waals surface area contributed by atoms with Crippen molar-refractivity contribution >= 4 is 16.2 Å². The third-order valence-corrected chi connectivity index (χ3v) is 5.81. The van der Waals surface area contributed by atoms with E-state index < -0.39 is 22.1 Å². The van der Waals surface area contributed by atoms with Crippen molar-refractivity contribution in [3.05, 3.63) is 0 Å². The lowest BCUT2D eigenvalue weighted by Crippen LogP contribution is -2.54. The van der Waals surface area contributed by atoms with E-state index in [0.29, 0.717) is 25.9 Å². The molecule has 116 valence electrons.